The lowest BCUT2D eigenvalue weighted by Crippen LogP contribution is -2.31. The number of aliphatic hydroxyl groups is 1. The summed E-state index contributed by atoms with van der Waals surface area (Å²) in [5.41, 5.74) is 0.357. The number of hydrogen-bond acceptors (Lipinski definition) is 2. The van der Waals surface area contributed by atoms with Crippen molar-refractivity contribution in [1.82, 2.24) is 0 Å². The minimum Gasteiger partial charge on any atom is -0.508 e. The van der Waals surface area contributed by atoms with E-state index in [-0.39, 0.29) is 11.2 Å². The molecule has 2 nitrogen and oxygen atoms in total. The summed E-state index contributed by atoms with van der Waals surface area (Å²) in [6, 6.07) is 7.17. The molecule has 0 heterocycles. The summed E-state index contributed by atoms with van der Waals surface area (Å²) in [5.74, 6) is 0.276. The summed E-state index contributed by atoms with van der Waals surface area (Å²) in [5, 5.41) is 19.0. The van der Waals surface area contributed by atoms with Crippen LogP contribution >= 0.6 is 0 Å². The molecule has 15 heavy (non-hydrogen) atoms. The molecule has 0 amide bonds. The van der Waals surface area contributed by atoms with Crippen LogP contribution in [0.2, 0.25) is 0 Å². The minimum atomic E-state index is -0.679. The Morgan fingerprint density at radius 2 is 1.47 bits per heavy atom. The molecular formula is C13H20O2. The van der Waals surface area contributed by atoms with Crippen molar-refractivity contribution >= 4 is 0 Å². The minimum absolute atomic E-state index is 0.0913. The largest absolute Gasteiger partial charge is 0.508 e. The monoisotopic (exact) mass is 208 g/mol. The molecule has 0 saturated carbocycles. The Morgan fingerprint density at radius 3 is 1.87 bits per heavy atom. The topological polar surface area (TPSA) is 40.5 Å². The van der Waals surface area contributed by atoms with Gasteiger partial charge in [0.25, 0.3) is 0 Å². The van der Waals surface area contributed by atoms with Crippen molar-refractivity contribution in [3.8, 4) is 5.75 Å². The standard InChI is InChI=1S/C13H20O2/c1-12(2,9-13(3,4)15)10-5-7-11(14)8-6-10/h5-8,14-15H,9H2,1-4H3. The third-order valence-corrected chi connectivity index (χ3v) is 2.52. The summed E-state index contributed by atoms with van der Waals surface area (Å²) in [7, 11) is 0. The first-order chi connectivity index (χ1) is 6.71. The lowest BCUT2D eigenvalue weighted by atomic mass is 9.76. The summed E-state index contributed by atoms with van der Waals surface area (Å²) in [6.07, 6.45) is 0.685. The van der Waals surface area contributed by atoms with E-state index in [1.807, 2.05) is 26.0 Å². The van der Waals surface area contributed by atoms with E-state index < -0.39 is 5.60 Å². The number of hydrogen-bond donors (Lipinski definition) is 2. The van der Waals surface area contributed by atoms with Crippen molar-refractivity contribution < 1.29 is 10.2 Å². The first-order valence-electron chi connectivity index (χ1n) is 5.23. The van der Waals surface area contributed by atoms with Crippen molar-refractivity contribution in [3.05, 3.63) is 29.8 Å². The molecule has 0 aliphatic heterocycles. The van der Waals surface area contributed by atoms with Crippen LogP contribution in [0.1, 0.15) is 39.7 Å². The van der Waals surface area contributed by atoms with E-state index in [1.54, 1.807) is 12.1 Å². The van der Waals surface area contributed by atoms with E-state index >= 15 is 0 Å². The van der Waals surface area contributed by atoms with Crippen LogP contribution in [0.5, 0.6) is 5.75 Å². The second kappa shape index (κ2) is 3.86. The molecule has 0 spiro atoms. The summed E-state index contributed by atoms with van der Waals surface area (Å²) in [6.45, 7) is 7.82. The summed E-state index contributed by atoms with van der Waals surface area (Å²) in [4.78, 5) is 0. The van der Waals surface area contributed by atoms with Gasteiger partial charge in [-0.15, -0.1) is 0 Å². The lowest BCUT2D eigenvalue weighted by molar-refractivity contribution is 0.0501. The zero-order valence-corrected chi connectivity index (χ0v) is 9.91. The fourth-order valence-corrected chi connectivity index (χ4v) is 2.10. The van der Waals surface area contributed by atoms with Gasteiger partial charge in [-0.3, -0.25) is 0 Å². The fourth-order valence-electron chi connectivity index (χ4n) is 2.10. The highest BCUT2D eigenvalue weighted by Crippen LogP contribution is 2.32. The van der Waals surface area contributed by atoms with Gasteiger partial charge in [0.2, 0.25) is 0 Å². The van der Waals surface area contributed by atoms with Crippen molar-refractivity contribution in [2.45, 2.75) is 45.1 Å². The van der Waals surface area contributed by atoms with Crippen molar-refractivity contribution in [2.24, 2.45) is 0 Å². The van der Waals surface area contributed by atoms with Gasteiger partial charge in [0.05, 0.1) is 5.60 Å². The van der Waals surface area contributed by atoms with Crippen LogP contribution < -0.4 is 0 Å². The molecule has 1 aromatic rings. The van der Waals surface area contributed by atoms with Crippen LogP contribution in [0.25, 0.3) is 0 Å². The van der Waals surface area contributed by atoms with Gasteiger partial charge < -0.3 is 10.2 Å². The average molecular weight is 208 g/mol. The molecule has 1 aromatic carbocycles. The molecule has 0 radical (unpaired) electrons. The Labute approximate surface area is 91.6 Å². The SMILES string of the molecule is CC(C)(O)CC(C)(C)c1ccc(O)cc1. The highest BCUT2D eigenvalue weighted by atomic mass is 16.3. The van der Waals surface area contributed by atoms with Gasteiger partial charge in [0.15, 0.2) is 0 Å². The van der Waals surface area contributed by atoms with Crippen molar-refractivity contribution in [1.29, 1.82) is 0 Å². The van der Waals surface area contributed by atoms with Crippen LogP contribution in [0.3, 0.4) is 0 Å². The Balaban J connectivity index is 2.90. The molecule has 0 aliphatic carbocycles. The number of rotatable bonds is 3. The molecule has 0 unspecified atom stereocenters. The first kappa shape index (κ1) is 12.1. The van der Waals surface area contributed by atoms with E-state index in [0.717, 1.165) is 5.56 Å². The summed E-state index contributed by atoms with van der Waals surface area (Å²) < 4.78 is 0. The van der Waals surface area contributed by atoms with E-state index in [2.05, 4.69) is 13.8 Å². The van der Waals surface area contributed by atoms with Crippen LogP contribution in [0.4, 0.5) is 0 Å². The third kappa shape index (κ3) is 3.56. The maximum absolute atomic E-state index is 9.82. The molecule has 2 heteroatoms. The molecule has 2 N–H and O–H groups in total. The molecule has 0 bridgehead atoms. The molecule has 0 aromatic heterocycles. The second-order valence-corrected chi connectivity index (χ2v) is 5.42. The number of phenolic OH excluding ortho intramolecular Hbond substituents is 1. The molecular weight excluding hydrogens is 188 g/mol. The van der Waals surface area contributed by atoms with Crippen LogP contribution in [0, 0.1) is 0 Å². The third-order valence-electron chi connectivity index (χ3n) is 2.52. The van der Waals surface area contributed by atoms with Crippen LogP contribution in [0.15, 0.2) is 24.3 Å². The first-order valence-corrected chi connectivity index (χ1v) is 5.23. The molecule has 1 rings (SSSR count). The maximum Gasteiger partial charge on any atom is 0.115 e. The smallest absolute Gasteiger partial charge is 0.115 e. The van der Waals surface area contributed by atoms with Gasteiger partial charge in [-0.25, -0.2) is 0 Å². The van der Waals surface area contributed by atoms with E-state index in [9.17, 15) is 10.2 Å². The van der Waals surface area contributed by atoms with Crippen molar-refractivity contribution in [3.63, 3.8) is 0 Å². The number of benzene rings is 1. The normalized spacial score (nSPS) is 12.9. The molecule has 0 saturated heterocycles. The van der Waals surface area contributed by atoms with Crippen LogP contribution in [-0.4, -0.2) is 15.8 Å². The van der Waals surface area contributed by atoms with Crippen molar-refractivity contribution in [2.75, 3.05) is 0 Å². The van der Waals surface area contributed by atoms with E-state index in [0.29, 0.717) is 6.42 Å². The molecule has 0 aliphatic rings. The van der Waals surface area contributed by atoms with E-state index in [1.165, 1.54) is 0 Å². The Hall–Kier alpha value is -1.02. The van der Waals surface area contributed by atoms with Gasteiger partial charge in [0, 0.05) is 0 Å². The lowest BCUT2D eigenvalue weighted by Gasteiger charge is -2.32. The van der Waals surface area contributed by atoms with Gasteiger partial charge in [-0.1, -0.05) is 26.0 Å². The highest BCUT2D eigenvalue weighted by Gasteiger charge is 2.28. The van der Waals surface area contributed by atoms with Gasteiger partial charge in [-0.2, -0.15) is 0 Å². The quantitative estimate of drug-likeness (QED) is 0.802. The molecule has 84 valence electrons. The average Bonchev–Trinajstić information content (AvgIpc) is 2.00. The number of aromatic hydroxyl groups is 1. The zero-order valence-electron chi connectivity index (χ0n) is 9.91. The van der Waals surface area contributed by atoms with E-state index in [4.69, 9.17) is 0 Å². The van der Waals surface area contributed by atoms with Gasteiger partial charge in [0.1, 0.15) is 5.75 Å². The molecule has 0 fully saturated rings. The number of phenols is 1. The summed E-state index contributed by atoms with van der Waals surface area (Å²) >= 11 is 0. The van der Waals surface area contributed by atoms with Crippen LogP contribution in [-0.2, 0) is 5.41 Å². The zero-order chi connectivity index (χ0) is 11.7. The Morgan fingerprint density at radius 1 is 1.00 bits per heavy atom. The maximum atomic E-state index is 9.82. The second-order valence-electron chi connectivity index (χ2n) is 5.42. The predicted octanol–water partition coefficient (Wildman–Crippen LogP) is 2.83. The van der Waals surface area contributed by atoms with Gasteiger partial charge >= 0.3 is 0 Å². The predicted molar refractivity (Wildman–Crippen MR) is 62.0 cm³/mol. The Kier molecular flexibility index (Phi) is 3.10. The van der Waals surface area contributed by atoms with Gasteiger partial charge in [-0.05, 0) is 43.4 Å². The molecule has 0 atom stereocenters. The fraction of sp³-hybridized carbons (Fsp3) is 0.538. The Bertz CT molecular complexity index is 317. The highest BCUT2D eigenvalue weighted by molar-refractivity contribution is 5.30.